The predicted molar refractivity (Wildman–Crippen MR) is 76.7 cm³/mol. The van der Waals surface area contributed by atoms with Crippen LogP contribution in [0.4, 0.5) is 11.4 Å². The number of rotatable bonds is 2. The normalized spacial score (nSPS) is 13.5. The van der Waals surface area contributed by atoms with E-state index in [1.807, 2.05) is 18.2 Å². The molecule has 0 saturated heterocycles. The molecule has 0 aliphatic carbocycles. The Kier molecular flexibility index (Phi) is 2.92. The Bertz CT molecular complexity index is 609. The second-order valence-electron chi connectivity index (χ2n) is 4.36. The minimum atomic E-state index is 0.693. The van der Waals surface area contributed by atoms with Gasteiger partial charge >= 0.3 is 0 Å². The molecule has 0 saturated carbocycles. The fourth-order valence-corrected chi connectivity index (χ4v) is 3.01. The van der Waals surface area contributed by atoms with Gasteiger partial charge in [-0.15, -0.1) is 0 Å². The number of hydrogen-bond donors (Lipinski definition) is 0. The number of fused-ring (bicyclic) bond motifs is 1. The second kappa shape index (κ2) is 4.58. The summed E-state index contributed by atoms with van der Waals surface area (Å²) in [7, 11) is 0. The lowest BCUT2D eigenvalue weighted by molar-refractivity contribution is 0.112. The van der Waals surface area contributed by atoms with Gasteiger partial charge in [-0.05, 0) is 52.2 Å². The van der Waals surface area contributed by atoms with E-state index >= 15 is 0 Å². The van der Waals surface area contributed by atoms with Crippen LogP contribution in [0, 0.1) is 0 Å². The summed E-state index contributed by atoms with van der Waals surface area (Å²) in [6.45, 7) is 0.985. The fraction of sp³-hybridized carbons (Fsp3) is 0.133. The number of hydrogen-bond acceptors (Lipinski definition) is 2. The Hall–Kier alpha value is -1.61. The van der Waals surface area contributed by atoms with Gasteiger partial charge in [-0.3, -0.25) is 4.79 Å². The number of nitrogens with zero attached hydrogens (tertiary/aromatic N) is 1. The van der Waals surface area contributed by atoms with Crippen LogP contribution in [0.25, 0.3) is 0 Å². The monoisotopic (exact) mass is 301 g/mol. The third kappa shape index (κ3) is 1.85. The van der Waals surface area contributed by atoms with E-state index in [2.05, 4.69) is 45.1 Å². The van der Waals surface area contributed by atoms with Crippen molar-refractivity contribution in [1.82, 2.24) is 0 Å². The van der Waals surface area contributed by atoms with Gasteiger partial charge in [0.05, 0.1) is 5.69 Å². The first-order chi connectivity index (χ1) is 8.79. The minimum Gasteiger partial charge on any atom is -0.340 e. The van der Waals surface area contributed by atoms with Crippen LogP contribution in [0.2, 0.25) is 0 Å². The van der Waals surface area contributed by atoms with Crippen molar-refractivity contribution >= 4 is 33.6 Å². The van der Waals surface area contributed by atoms with E-state index < -0.39 is 0 Å². The average molecular weight is 302 g/mol. The molecule has 3 rings (SSSR count). The van der Waals surface area contributed by atoms with Gasteiger partial charge in [0.1, 0.15) is 6.29 Å². The molecule has 0 amide bonds. The molecular formula is C15H12BrNO. The number of halogens is 1. The van der Waals surface area contributed by atoms with Crippen LogP contribution in [0.1, 0.15) is 15.9 Å². The molecule has 2 aromatic carbocycles. The van der Waals surface area contributed by atoms with Gasteiger partial charge in [0.2, 0.25) is 0 Å². The molecule has 90 valence electrons. The molecular weight excluding hydrogens is 290 g/mol. The molecule has 0 atom stereocenters. The zero-order valence-electron chi connectivity index (χ0n) is 9.77. The third-order valence-corrected chi connectivity index (χ3v) is 3.92. The fourth-order valence-electron chi connectivity index (χ4n) is 2.40. The highest BCUT2D eigenvalue weighted by Crippen LogP contribution is 2.38. The standard InChI is InChI=1S/C15H12BrNO/c16-13-9-11(10-18)5-6-15(13)17-8-7-12-3-1-2-4-14(12)17/h1-6,9-10H,7-8H2. The van der Waals surface area contributed by atoms with Crippen LogP contribution in [0.3, 0.4) is 0 Å². The van der Waals surface area contributed by atoms with E-state index in [9.17, 15) is 4.79 Å². The van der Waals surface area contributed by atoms with Crippen molar-refractivity contribution in [3.05, 3.63) is 58.1 Å². The summed E-state index contributed by atoms with van der Waals surface area (Å²) in [5.74, 6) is 0. The van der Waals surface area contributed by atoms with Crippen LogP contribution < -0.4 is 4.90 Å². The van der Waals surface area contributed by atoms with Crippen LogP contribution >= 0.6 is 15.9 Å². The number of carbonyl (C=O) groups excluding carboxylic acids is 1. The van der Waals surface area contributed by atoms with Gasteiger partial charge in [0.25, 0.3) is 0 Å². The van der Waals surface area contributed by atoms with E-state index in [1.54, 1.807) is 0 Å². The molecule has 1 aliphatic rings. The summed E-state index contributed by atoms with van der Waals surface area (Å²) in [4.78, 5) is 13.0. The highest BCUT2D eigenvalue weighted by atomic mass is 79.9. The maximum absolute atomic E-state index is 10.8. The summed E-state index contributed by atoms with van der Waals surface area (Å²) >= 11 is 3.55. The molecule has 0 aromatic heterocycles. The van der Waals surface area contributed by atoms with E-state index in [-0.39, 0.29) is 0 Å². The predicted octanol–water partition coefficient (Wildman–Crippen LogP) is 3.96. The Morgan fingerprint density at radius 1 is 1.11 bits per heavy atom. The molecule has 0 fully saturated rings. The molecule has 2 aromatic rings. The van der Waals surface area contributed by atoms with Crippen molar-refractivity contribution in [1.29, 1.82) is 0 Å². The van der Waals surface area contributed by atoms with E-state index in [0.29, 0.717) is 5.56 Å². The minimum absolute atomic E-state index is 0.693. The number of benzene rings is 2. The maximum atomic E-state index is 10.8. The first-order valence-corrected chi connectivity index (χ1v) is 6.69. The molecule has 0 bridgehead atoms. The highest BCUT2D eigenvalue weighted by molar-refractivity contribution is 9.10. The summed E-state index contributed by atoms with van der Waals surface area (Å²) in [6.07, 6.45) is 1.94. The van der Waals surface area contributed by atoms with Crippen molar-refractivity contribution in [2.24, 2.45) is 0 Å². The molecule has 3 heteroatoms. The molecule has 1 aliphatic heterocycles. The molecule has 0 radical (unpaired) electrons. The van der Waals surface area contributed by atoms with Gasteiger partial charge in [-0.25, -0.2) is 0 Å². The molecule has 18 heavy (non-hydrogen) atoms. The van der Waals surface area contributed by atoms with Crippen molar-refractivity contribution in [3.8, 4) is 0 Å². The molecule has 1 heterocycles. The summed E-state index contributed by atoms with van der Waals surface area (Å²) in [5.41, 5.74) is 4.45. The Balaban J connectivity index is 2.05. The Labute approximate surface area is 114 Å². The van der Waals surface area contributed by atoms with E-state index in [1.165, 1.54) is 11.3 Å². The topological polar surface area (TPSA) is 20.3 Å². The van der Waals surface area contributed by atoms with Gasteiger partial charge in [0, 0.05) is 22.3 Å². The summed E-state index contributed by atoms with van der Waals surface area (Å²) in [6, 6.07) is 14.2. The van der Waals surface area contributed by atoms with Crippen LogP contribution in [-0.4, -0.2) is 12.8 Å². The first kappa shape index (κ1) is 11.5. The molecule has 0 spiro atoms. The van der Waals surface area contributed by atoms with E-state index in [4.69, 9.17) is 0 Å². The first-order valence-electron chi connectivity index (χ1n) is 5.90. The number of anilines is 2. The van der Waals surface area contributed by atoms with Crippen molar-refractivity contribution in [2.75, 3.05) is 11.4 Å². The largest absolute Gasteiger partial charge is 0.340 e. The second-order valence-corrected chi connectivity index (χ2v) is 5.21. The van der Waals surface area contributed by atoms with Crippen molar-refractivity contribution < 1.29 is 4.79 Å². The number of carbonyl (C=O) groups is 1. The summed E-state index contributed by atoms with van der Waals surface area (Å²) in [5, 5.41) is 0. The zero-order chi connectivity index (χ0) is 12.5. The van der Waals surface area contributed by atoms with E-state index in [0.717, 1.165) is 29.4 Å². The lowest BCUT2D eigenvalue weighted by Gasteiger charge is -2.21. The summed E-state index contributed by atoms with van der Waals surface area (Å²) < 4.78 is 0.962. The quantitative estimate of drug-likeness (QED) is 0.783. The SMILES string of the molecule is O=Cc1ccc(N2CCc3ccccc32)c(Br)c1. The van der Waals surface area contributed by atoms with Gasteiger partial charge in [0.15, 0.2) is 0 Å². The molecule has 0 unspecified atom stereocenters. The Morgan fingerprint density at radius 3 is 2.72 bits per heavy atom. The smallest absolute Gasteiger partial charge is 0.150 e. The zero-order valence-corrected chi connectivity index (χ0v) is 11.4. The van der Waals surface area contributed by atoms with Crippen molar-refractivity contribution in [3.63, 3.8) is 0 Å². The van der Waals surface area contributed by atoms with Gasteiger partial charge in [-0.1, -0.05) is 18.2 Å². The lowest BCUT2D eigenvalue weighted by atomic mass is 10.1. The lowest BCUT2D eigenvalue weighted by Crippen LogP contribution is -2.13. The van der Waals surface area contributed by atoms with Gasteiger partial charge in [-0.2, -0.15) is 0 Å². The van der Waals surface area contributed by atoms with Crippen LogP contribution in [-0.2, 0) is 6.42 Å². The Morgan fingerprint density at radius 2 is 1.94 bits per heavy atom. The average Bonchev–Trinajstić information content (AvgIpc) is 2.82. The van der Waals surface area contributed by atoms with Crippen LogP contribution in [0.5, 0.6) is 0 Å². The van der Waals surface area contributed by atoms with Gasteiger partial charge < -0.3 is 4.90 Å². The highest BCUT2D eigenvalue weighted by Gasteiger charge is 2.21. The maximum Gasteiger partial charge on any atom is 0.150 e. The third-order valence-electron chi connectivity index (χ3n) is 3.29. The number of aldehydes is 1. The molecule has 0 N–H and O–H groups in total. The van der Waals surface area contributed by atoms with Crippen molar-refractivity contribution in [2.45, 2.75) is 6.42 Å². The van der Waals surface area contributed by atoms with Crippen LogP contribution in [0.15, 0.2) is 46.9 Å². The molecule has 2 nitrogen and oxygen atoms in total. The number of para-hydroxylation sites is 1.